The lowest BCUT2D eigenvalue weighted by Gasteiger charge is -2.32. The van der Waals surface area contributed by atoms with E-state index in [0.717, 1.165) is 23.1 Å². The van der Waals surface area contributed by atoms with Crippen molar-refractivity contribution in [2.75, 3.05) is 33.2 Å². The van der Waals surface area contributed by atoms with Crippen molar-refractivity contribution in [3.8, 4) is 0 Å². The van der Waals surface area contributed by atoms with E-state index < -0.39 is 10.0 Å². The van der Waals surface area contributed by atoms with E-state index >= 15 is 0 Å². The van der Waals surface area contributed by atoms with E-state index in [0.29, 0.717) is 18.0 Å². The number of sulfonamides is 1. The number of nitrogens with zero attached hydrogens (tertiary/aromatic N) is 2. The lowest BCUT2D eigenvalue weighted by atomic mass is 10.2. The van der Waals surface area contributed by atoms with E-state index in [1.807, 2.05) is 14.0 Å². The molecule has 1 N–H and O–H groups in total. The summed E-state index contributed by atoms with van der Waals surface area (Å²) in [6.45, 7) is 5.00. The number of likely N-dealkylation sites (N-methyl/N-ethyl adjacent to an activating group) is 1. The van der Waals surface area contributed by atoms with Crippen LogP contribution in [0.5, 0.6) is 0 Å². The van der Waals surface area contributed by atoms with E-state index in [2.05, 4.69) is 25.7 Å². The van der Waals surface area contributed by atoms with Crippen LogP contribution in [0.4, 0.5) is 0 Å². The maximum absolute atomic E-state index is 12.3. The van der Waals surface area contributed by atoms with Gasteiger partial charge in [-0.15, -0.1) is 4.83 Å². The second-order valence-electron chi connectivity index (χ2n) is 4.80. The van der Waals surface area contributed by atoms with E-state index in [1.165, 1.54) is 0 Å². The fraction of sp³-hybridized carbons (Fsp3) is 0.500. The third-order valence-corrected chi connectivity index (χ3v) is 5.46. The molecule has 1 aromatic carbocycles. The molecule has 5 nitrogen and oxygen atoms in total. The molecule has 0 bridgehead atoms. The van der Waals surface area contributed by atoms with Gasteiger partial charge in [0, 0.05) is 30.7 Å². The quantitative estimate of drug-likeness (QED) is 0.892. The van der Waals surface area contributed by atoms with Crippen molar-refractivity contribution in [3.05, 3.63) is 28.2 Å². The van der Waals surface area contributed by atoms with E-state index in [-0.39, 0.29) is 0 Å². The Morgan fingerprint density at radius 1 is 1.21 bits per heavy atom. The summed E-state index contributed by atoms with van der Waals surface area (Å²) >= 11 is 3.37. The fourth-order valence-corrected chi connectivity index (χ4v) is 3.36. The maximum atomic E-state index is 12.3. The number of hydrogen-bond donors (Lipinski definition) is 1. The van der Waals surface area contributed by atoms with Crippen molar-refractivity contribution >= 4 is 26.0 Å². The first-order valence-corrected chi connectivity index (χ1v) is 8.38. The first kappa shape index (κ1) is 14.9. The number of aryl methyl sites for hydroxylation is 1. The van der Waals surface area contributed by atoms with Gasteiger partial charge in [-0.1, -0.05) is 15.9 Å². The van der Waals surface area contributed by atoms with Crippen LogP contribution in [0, 0.1) is 6.92 Å². The molecular formula is C12H18BrN3O2S. The number of rotatable bonds is 3. The SMILES string of the molecule is Cc1cc(S(=O)(=O)NN2CCN(C)CC2)ccc1Br. The Labute approximate surface area is 122 Å². The summed E-state index contributed by atoms with van der Waals surface area (Å²) in [6.07, 6.45) is 0. The minimum Gasteiger partial charge on any atom is -0.304 e. The molecule has 2 rings (SSSR count). The van der Waals surface area contributed by atoms with Gasteiger partial charge in [-0.05, 0) is 37.7 Å². The zero-order valence-corrected chi connectivity index (χ0v) is 13.5. The molecule has 19 heavy (non-hydrogen) atoms. The molecule has 0 unspecified atom stereocenters. The highest BCUT2D eigenvalue weighted by atomic mass is 79.9. The minimum absolute atomic E-state index is 0.298. The van der Waals surface area contributed by atoms with Crippen LogP contribution in [0.1, 0.15) is 5.56 Å². The molecule has 0 spiro atoms. The predicted molar refractivity (Wildman–Crippen MR) is 78.3 cm³/mol. The summed E-state index contributed by atoms with van der Waals surface area (Å²) in [4.78, 5) is 5.12. The Bertz CT molecular complexity index is 554. The summed E-state index contributed by atoms with van der Waals surface area (Å²) in [5.41, 5.74) is 0.904. The fourth-order valence-electron chi connectivity index (χ4n) is 1.90. The predicted octanol–water partition coefficient (Wildman–Crippen LogP) is 1.20. The Hall–Kier alpha value is -0.470. The number of halogens is 1. The molecule has 0 atom stereocenters. The van der Waals surface area contributed by atoms with Crippen LogP contribution < -0.4 is 4.83 Å². The van der Waals surface area contributed by atoms with E-state index in [1.54, 1.807) is 23.2 Å². The Balaban J connectivity index is 2.11. The summed E-state index contributed by atoms with van der Waals surface area (Å²) in [7, 11) is -1.45. The Morgan fingerprint density at radius 3 is 2.42 bits per heavy atom. The average molecular weight is 348 g/mol. The summed E-state index contributed by atoms with van der Waals surface area (Å²) in [6, 6.07) is 5.03. The highest BCUT2D eigenvalue weighted by Crippen LogP contribution is 2.20. The van der Waals surface area contributed by atoms with Crippen molar-refractivity contribution in [1.82, 2.24) is 14.7 Å². The second kappa shape index (κ2) is 5.88. The summed E-state index contributed by atoms with van der Waals surface area (Å²) < 4.78 is 25.4. The molecule has 1 fully saturated rings. The lowest BCUT2D eigenvalue weighted by molar-refractivity contribution is 0.135. The molecular weight excluding hydrogens is 330 g/mol. The number of hydrazine groups is 1. The van der Waals surface area contributed by atoms with E-state index in [9.17, 15) is 8.42 Å². The Kier molecular flexibility index (Phi) is 4.62. The maximum Gasteiger partial charge on any atom is 0.253 e. The molecule has 0 aliphatic carbocycles. The molecule has 1 aliphatic heterocycles. The second-order valence-corrected chi connectivity index (χ2v) is 7.31. The van der Waals surface area contributed by atoms with Crippen molar-refractivity contribution in [3.63, 3.8) is 0 Å². The van der Waals surface area contributed by atoms with Crippen LogP contribution in [0.3, 0.4) is 0 Å². The van der Waals surface area contributed by atoms with Gasteiger partial charge in [0.1, 0.15) is 0 Å². The van der Waals surface area contributed by atoms with Gasteiger partial charge in [-0.3, -0.25) is 0 Å². The molecule has 0 radical (unpaired) electrons. The zero-order chi connectivity index (χ0) is 14.0. The number of nitrogens with one attached hydrogen (secondary N) is 1. The van der Waals surface area contributed by atoms with Gasteiger partial charge in [0.25, 0.3) is 10.0 Å². The normalized spacial score (nSPS) is 18.7. The molecule has 1 heterocycles. The molecule has 106 valence electrons. The highest BCUT2D eigenvalue weighted by molar-refractivity contribution is 9.10. The third kappa shape index (κ3) is 3.76. The van der Waals surface area contributed by atoms with Crippen LogP contribution in [-0.4, -0.2) is 51.6 Å². The molecule has 7 heteroatoms. The van der Waals surface area contributed by atoms with Gasteiger partial charge in [-0.2, -0.15) is 0 Å². The van der Waals surface area contributed by atoms with Gasteiger partial charge < -0.3 is 4.90 Å². The van der Waals surface area contributed by atoms with Crippen LogP contribution in [0.15, 0.2) is 27.6 Å². The van der Waals surface area contributed by atoms with Crippen LogP contribution in [0.2, 0.25) is 0 Å². The summed E-state index contributed by atoms with van der Waals surface area (Å²) in [5.74, 6) is 0. The number of benzene rings is 1. The molecule has 1 aliphatic rings. The monoisotopic (exact) mass is 347 g/mol. The molecule has 0 saturated carbocycles. The van der Waals surface area contributed by atoms with Crippen molar-refractivity contribution < 1.29 is 8.42 Å². The molecule has 1 saturated heterocycles. The molecule has 0 amide bonds. The first-order chi connectivity index (χ1) is 8.88. The smallest absolute Gasteiger partial charge is 0.253 e. The van der Waals surface area contributed by atoms with Gasteiger partial charge >= 0.3 is 0 Å². The zero-order valence-electron chi connectivity index (χ0n) is 11.1. The summed E-state index contributed by atoms with van der Waals surface area (Å²) in [5, 5.41) is 1.76. The van der Waals surface area contributed by atoms with Crippen molar-refractivity contribution in [2.24, 2.45) is 0 Å². The van der Waals surface area contributed by atoms with Gasteiger partial charge in [0.15, 0.2) is 0 Å². The largest absolute Gasteiger partial charge is 0.304 e. The van der Waals surface area contributed by atoms with Crippen molar-refractivity contribution in [2.45, 2.75) is 11.8 Å². The lowest BCUT2D eigenvalue weighted by Crippen LogP contribution is -2.52. The third-order valence-electron chi connectivity index (χ3n) is 3.19. The Morgan fingerprint density at radius 2 is 1.84 bits per heavy atom. The van der Waals surface area contributed by atoms with Crippen LogP contribution in [0.25, 0.3) is 0 Å². The van der Waals surface area contributed by atoms with Crippen LogP contribution >= 0.6 is 15.9 Å². The van der Waals surface area contributed by atoms with Gasteiger partial charge in [0.05, 0.1) is 4.90 Å². The minimum atomic E-state index is -3.48. The first-order valence-electron chi connectivity index (χ1n) is 6.10. The number of piperazine rings is 1. The molecule has 0 aromatic heterocycles. The molecule has 1 aromatic rings. The average Bonchev–Trinajstić information content (AvgIpc) is 2.35. The van der Waals surface area contributed by atoms with Gasteiger partial charge in [-0.25, -0.2) is 13.4 Å². The standard InChI is InChI=1S/C12H18BrN3O2S/c1-10-9-11(3-4-12(10)13)19(17,18)14-16-7-5-15(2)6-8-16/h3-4,9,14H,5-8H2,1-2H3. The topological polar surface area (TPSA) is 52.7 Å². The van der Waals surface area contributed by atoms with Gasteiger partial charge in [0.2, 0.25) is 0 Å². The number of hydrogen-bond acceptors (Lipinski definition) is 4. The van der Waals surface area contributed by atoms with E-state index in [4.69, 9.17) is 0 Å². The highest BCUT2D eigenvalue weighted by Gasteiger charge is 2.21. The van der Waals surface area contributed by atoms with Crippen LogP contribution in [-0.2, 0) is 10.0 Å². The van der Waals surface area contributed by atoms with Crippen molar-refractivity contribution in [1.29, 1.82) is 0 Å².